The molecule has 2 heterocycles. The number of hydrogen-bond donors (Lipinski definition) is 2. The van der Waals surface area contributed by atoms with Crippen molar-refractivity contribution >= 4 is 22.9 Å². The first kappa shape index (κ1) is 14.1. The van der Waals surface area contributed by atoms with Gasteiger partial charge in [-0.2, -0.15) is 0 Å². The summed E-state index contributed by atoms with van der Waals surface area (Å²) in [6, 6.07) is 11.6. The molecule has 3 aromatic rings. The summed E-state index contributed by atoms with van der Waals surface area (Å²) in [6.07, 6.45) is 0.881. The Morgan fingerprint density at radius 1 is 1.27 bits per heavy atom. The van der Waals surface area contributed by atoms with Crippen LogP contribution in [0.3, 0.4) is 0 Å². The number of hydrogen-bond acceptors (Lipinski definition) is 4. The molecule has 6 nitrogen and oxygen atoms in total. The van der Waals surface area contributed by atoms with Crippen LogP contribution in [-0.4, -0.2) is 27.1 Å². The van der Waals surface area contributed by atoms with Gasteiger partial charge in [-0.25, -0.2) is 14.8 Å². The van der Waals surface area contributed by atoms with Crippen LogP contribution in [0.1, 0.15) is 13.8 Å². The number of aromatic nitrogens is 3. The van der Waals surface area contributed by atoms with Gasteiger partial charge in [0.1, 0.15) is 5.82 Å². The third-order valence-corrected chi connectivity index (χ3v) is 2.97. The summed E-state index contributed by atoms with van der Waals surface area (Å²) >= 11 is 0. The van der Waals surface area contributed by atoms with Gasteiger partial charge in [-0.15, -0.1) is 0 Å². The van der Waals surface area contributed by atoms with Crippen LogP contribution in [0.25, 0.3) is 22.6 Å². The topological polar surface area (TPSA) is 79.9 Å². The number of anilines is 1. The van der Waals surface area contributed by atoms with Crippen molar-refractivity contribution in [2.75, 3.05) is 5.32 Å². The Balaban J connectivity index is 1.86. The van der Waals surface area contributed by atoms with E-state index in [1.807, 2.05) is 30.3 Å². The Kier molecular flexibility index (Phi) is 3.74. The van der Waals surface area contributed by atoms with E-state index in [0.29, 0.717) is 11.3 Å². The van der Waals surface area contributed by atoms with Crippen LogP contribution in [-0.2, 0) is 4.74 Å². The lowest BCUT2D eigenvalue weighted by Crippen LogP contribution is -2.18. The molecule has 0 saturated carbocycles. The quantitative estimate of drug-likeness (QED) is 0.774. The molecule has 22 heavy (non-hydrogen) atoms. The molecule has 0 bridgehead atoms. The van der Waals surface area contributed by atoms with Crippen molar-refractivity contribution in [3.63, 3.8) is 0 Å². The number of carbonyl (C=O) groups excluding carboxylic acids is 1. The van der Waals surface area contributed by atoms with Gasteiger partial charge in [-0.05, 0) is 19.9 Å². The standard InChI is InChI=1S/C16H16N4O2/c1-10(2)22-16(21)18-12-8-13-15(17-9-12)20-14(19-13)11-6-4-3-5-7-11/h3-10H,1-2H3,(H,18,21)(H,17,19,20). The highest BCUT2D eigenvalue weighted by Crippen LogP contribution is 2.21. The van der Waals surface area contributed by atoms with E-state index in [9.17, 15) is 4.79 Å². The van der Waals surface area contributed by atoms with Gasteiger partial charge in [0.15, 0.2) is 5.65 Å². The number of fused-ring (bicyclic) bond motifs is 1. The predicted octanol–water partition coefficient (Wildman–Crippen LogP) is 3.58. The molecule has 1 amide bonds. The van der Waals surface area contributed by atoms with Crippen LogP contribution >= 0.6 is 0 Å². The molecule has 2 N–H and O–H groups in total. The molecule has 6 heteroatoms. The van der Waals surface area contributed by atoms with Crippen molar-refractivity contribution in [3.8, 4) is 11.4 Å². The predicted molar refractivity (Wildman–Crippen MR) is 84.6 cm³/mol. The summed E-state index contributed by atoms with van der Waals surface area (Å²) in [5, 5.41) is 2.64. The van der Waals surface area contributed by atoms with Crippen molar-refractivity contribution in [1.29, 1.82) is 0 Å². The number of rotatable bonds is 3. The zero-order chi connectivity index (χ0) is 15.5. The fourth-order valence-corrected chi connectivity index (χ4v) is 2.06. The van der Waals surface area contributed by atoms with Gasteiger partial charge in [0.2, 0.25) is 0 Å². The van der Waals surface area contributed by atoms with E-state index < -0.39 is 6.09 Å². The Morgan fingerprint density at radius 2 is 2.05 bits per heavy atom. The average molecular weight is 296 g/mol. The first-order valence-electron chi connectivity index (χ1n) is 7.00. The second-order valence-electron chi connectivity index (χ2n) is 5.13. The number of imidazole rings is 1. The maximum Gasteiger partial charge on any atom is 0.411 e. The number of amides is 1. The Labute approximate surface area is 127 Å². The first-order chi connectivity index (χ1) is 10.6. The summed E-state index contributed by atoms with van der Waals surface area (Å²) in [7, 11) is 0. The maximum atomic E-state index is 11.6. The summed E-state index contributed by atoms with van der Waals surface area (Å²) < 4.78 is 5.04. The molecule has 0 aliphatic heterocycles. The van der Waals surface area contributed by atoms with Gasteiger partial charge >= 0.3 is 6.09 Å². The molecule has 0 saturated heterocycles. The van der Waals surface area contributed by atoms with Crippen molar-refractivity contribution in [3.05, 3.63) is 42.6 Å². The van der Waals surface area contributed by atoms with Gasteiger partial charge < -0.3 is 9.72 Å². The second kappa shape index (κ2) is 5.85. The Bertz CT molecular complexity index is 796. The molecule has 112 valence electrons. The molecule has 0 aliphatic carbocycles. The van der Waals surface area contributed by atoms with Gasteiger partial charge in [0.05, 0.1) is 23.5 Å². The molecule has 0 spiro atoms. The highest BCUT2D eigenvalue weighted by Gasteiger charge is 2.09. The van der Waals surface area contributed by atoms with Crippen LogP contribution < -0.4 is 5.32 Å². The maximum absolute atomic E-state index is 11.6. The summed E-state index contributed by atoms with van der Waals surface area (Å²) in [6.45, 7) is 3.59. The molecule has 0 fully saturated rings. The largest absolute Gasteiger partial charge is 0.447 e. The number of benzene rings is 1. The molecule has 3 rings (SSSR count). The number of carbonyl (C=O) groups is 1. The SMILES string of the molecule is CC(C)OC(=O)Nc1cnc2nc(-c3ccccc3)[nH]c2c1. The number of aromatic amines is 1. The molecule has 0 atom stereocenters. The third kappa shape index (κ3) is 3.06. The third-order valence-electron chi connectivity index (χ3n) is 2.97. The van der Waals surface area contributed by atoms with Gasteiger partial charge in [0.25, 0.3) is 0 Å². The monoisotopic (exact) mass is 296 g/mol. The first-order valence-corrected chi connectivity index (χ1v) is 7.00. The van der Waals surface area contributed by atoms with Crippen molar-refractivity contribution in [2.24, 2.45) is 0 Å². The highest BCUT2D eigenvalue weighted by atomic mass is 16.6. The molecule has 0 aliphatic rings. The molecular weight excluding hydrogens is 280 g/mol. The van der Waals surface area contributed by atoms with E-state index in [1.54, 1.807) is 26.1 Å². The normalized spacial score (nSPS) is 10.9. The van der Waals surface area contributed by atoms with Crippen LogP contribution in [0.2, 0.25) is 0 Å². The molecule has 2 aromatic heterocycles. The summed E-state index contributed by atoms with van der Waals surface area (Å²) in [4.78, 5) is 23.5. The minimum absolute atomic E-state index is 0.173. The number of nitrogens with one attached hydrogen (secondary N) is 2. The van der Waals surface area contributed by atoms with Crippen LogP contribution in [0.4, 0.5) is 10.5 Å². The molecule has 0 radical (unpaired) electrons. The zero-order valence-corrected chi connectivity index (χ0v) is 12.3. The zero-order valence-electron chi connectivity index (χ0n) is 12.3. The second-order valence-corrected chi connectivity index (χ2v) is 5.13. The Morgan fingerprint density at radius 3 is 2.77 bits per heavy atom. The van der Waals surface area contributed by atoms with Gasteiger partial charge in [-0.3, -0.25) is 5.32 Å². The number of nitrogens with zero attached hydrogens (tertiary/aromatic N) is 2. The lowest BCUT2D eigenvalue weighted by Gasteiger charge is -2.08. The molecular formula is C16H16N4O2. The minimum Gasteiger partial charge on any atom is -0.447 e. The molecule has 0 unspecified atom stereocenters. The van der Waals surface area contributed by atoms with Crippen molar-refractivity contribution in [2.45, 2.75) is 20.0 Å². The van der Waals surface area contributed by atoms with E-state index in [-0.39, 0.29) is 6.10 Å². The lowest BCUT2D eigenvalue weighted by molar-refractivity contribution is 0.130. The number of ether oxygens (including phenoxy) is 1. The van der Waals surface area contributed by atoms with E-state index in [4.69, 9.17) is 4.74 Å². The smallest absolute Gasteiger partial charge is 0.411 e. The van der Waals surface area contributed by atoms with Crippen LogP contribution in [0.15, 0.2) is 42.6 Å². The van der Waals surface area contributed by atoms with E-state index in [0.717, 1.165) is 16.9 Å². The van der Waals surface area contributed by atoms with Gasteiger partial charge in [-0.1, -0.05) is 30.3 Å². The summed E-state index contributed by atoms with van der Waals surface area (Å²) in [5.74, 6) is 0.741. The molecule has 1 aromatic carbocycles. The highest BCUT2D eigenvalue weighted by molar-refractivity contribution is 5.87. The Hall–Kier alpha value is -2.89. The van der Waals surface area contributed by atoms with E-state index in [1.165, 1.54) is 0 Å². The van der Waals surface area contributed by atoms with Gasteiger partial charge in [0, 0.05) is 5.56 Å². The fraction of sp³-hybridized carbons (Fsp3) is 0.188. The van der Waals surface area contributed by atoms with Crippen molar-refractivity contribution in [1.82, 2.24) is 15.0 Å². The number of H-pyrrole nitrogens is 1. The van der Waals surface area contributed by atoms with Crippen LogP contribution in [0, 0.1) is 0 Å². The van der Waals surface area contributed by atoms with E-state index in [2.05, 4.69) is 20.3 Å². The average Bonchev–Trinajstić information content (AvgIpc) is 2.90. The van der Waals surface area contributed by atoms with E-state index >= 15 is 0 Å². The minimum atomic E-state index is -0.501. The summed E-state index contributed by atoms with van der Waals surface area (Å²) in [5.41, 5.74) is 2.89. The number of pyridine rings is 1. The van der Waals surface area contributed by atoms with Crippen molar-refractivity contribution < 1.29 is 9.53 Å². The fourth-order valence-electron chi connectivity index (χ4n) is 2.06. The lowest BCUT2D eigenvalue weighted by atomic mass is 10.2. The van der Waals surface area contributed by atoms with Crippen LogP contribution in [0.5, 0.6) is 0 Å².